The minimum Gasteiger partial charge on any atom is -0.496 e. The lowest BCUT2D eigenvalue weighted by atomic mass is 10.2. The molecule has 0 unspecified atom stereocenters. The fourth-order valence-electron chi connectivity index (χ4n) is 2.97. The van der Waals surface area contributed by atoms with Gasteiger partial charge in [0.2, 0.25) is 10.0 Å². The monoisotopic (exact) mass is 470 g/mol. The Hall–Kier alpha value is -2.73. The zero-order valence-electron chi connectivity index (χ0n) is 16.4. The molecule has 1 saturated heterocycles. The first kappa shape index (κ1) is 22.9. The molecule has 0 atom stereocenters. The molecule has 1 fully saturated rings. The van der Waals surface area contributed by atoms with Crippen LogP contribution in [0.25, 0.3) is 0 Å². The third kappa shape index (κ3) is 5.13. The molecular weight excluding hydrogens is 452 g/mol. The number of nitro benzene ring substituents is 1. The molecule has 2 aromatic rings. The smallest absolute Gasteiger partial charge is 0.338 e. The molecule has 0 N–H and O–H groups in total. The number of esters is 1. The van der Waals surface area contributed by atoms with E-state index in [2.05, 4.69) is 0 Å². The predicted octanol–water partition coefficient (Wildman–Crippen LogP) is 2.63. The van der Waals surface area contributed by atoms with Crippen LogP contribution in [-0.2, 0) is 26.1 Å². The second-order valence-corrected chi connectivity index (χ2v) is 8.80. The number of hydrogen-bond donors (Lipinski definition) is 0. The summed E-state index contributed by atoms with van der Waals surface area (Å²) < 4.78 is 42.6. The van der Waals surface area contributed by atoms with Crippen LogP contribution in [0.15, 0.2) is 41.3 Å². The minimum absolute atomic E-state index is 0.0246. The molecule has 0 saturated carbocycles. The summed E-state index contributed by atoms with van der Waals surface area (Å²) in [5.74, 6) is -0.506. The van der Waals surface area contributed by atoms with Gasteiger partial charge in [-0.3, -0.25) is 10.1 Å². The molecule has 166 valence electrons. The van der Waals surface area contributed by atoms with Crippen LogP contribution in [0.5, 0.6) is 5.75 Å². The lowest BCUT2D eigenvalue weighted by Crippen LogP contribution is -2.40. The van der Waals surface area contributed by atoms with Crippen molar-refractivity contribution in [1.82, 2.24) is 4.31 Å². The summed E-state index contributed by atoms with van der Waals surface area (Å²) in [5, 5.41) is 11.0. The van der Waals surface area contributed by atoms with Crippen LogP contribution < -0.4 is 4.74 Å². The van der Waals surface area contributed by atoms with E-state index in [0.717, 1.165) is 6.07 Å². The molecule has 0 spiro atoms. The zero-order chi connectivity index (χ0) is 22.6. The van der Waals surface area contributed by atoms with Crippen molar-refractivity contribution in [2.24, 2.45) is 0 Å². The van der Waals surface area contributed by atoms with Gasteiger partial charge in [-0.15, -0.1) is 0 Å². The molecule has 10 nitrogen and oxygen atoms in total. The summed E-state index contributed by atoms with van der Waals surface area (Å²) in [6, 6.07) is 7.71. The van der Waals surface area contributed by atoms with E-state index in [1.54, 1.807) is 0 Å². The standard InChI is InChI=1S/C19H19ClN2O8S/c1-28-17-5-3-15(22(24)25)10-14(17)12-30-19(23)13-2-4-16(20)18(11-13)31(26,27)21-6-8-29-9-7-21/h2-5,10-11H,6-9,12H2,1H3. The predicted molar refractivity (Wildman–Crippen MR) is 110 cm³/mol. The summed E-state index contributed by atoms with van der Waals surface area (Å²) in [7, 11) is -2.54. The molecular formula is C19H19ClN2O8S. The average molecular weight is 471 g/mol. The van der Waals surface area contributed by atoms with Crippen molar-refractivity contribution >= 4 is 33.3 Å². The van der Waals surface area contributed by atoms with Crippen LogP contribution in [0.3, 0.4) is 0 Å². The van der Waals surface area contributed by atoms with Gasteiger partial charge in [-0.1, -0.05) is 11.6 Å². The number of sulfonamides is 1. The van der Waals surface area contributed by atoms with Crippen LogP contribution in [0.4, 0.5) is 5.69 Å². The van der Waals surface area contributed by atoms with E-state index in [0.29, 0.717) is 11.3 Å². The maximum atomic E-state index is 12.9. The molecule has 1 heterocycles. The third-order valence-electron chi connectivity index (χ3n) is 4.59. The van der Waals surface area contributed by atoms with Crippen LogP contribution in [0.1, 0.15) is 15.9 Å². The lowest BCUT2D eigenvalue weighted by Gasteiger charge is -2.26. The molecule has 1 aliphatic heterocycles. The van der Waals surface area contributed by atoms with Crippen LogP contribution in [0.2, 0.25) is 5.02 Å². The number of rotatable bonds is 7. The van der Waals surface area contributed by atoms with Gasteiger partial charge >= 0.3 is 5.97 Å². The Morgan fingerprint density at radius 3 is 2.58 bits per heavy atom. The molecule has 0 aromatic heterocycles. The van der Waals surface area contributed by atoms with Crippen LogP contribution in [-0.4, -0.2) is 57.0 Å². The van der Waals surface area contributed by atoms with Gasteiger partial charge in [-0.2, -0.15) is 4.31 Å². The maximum Gasteiger partial charge on any atom is 0.338 e. The van der Waals surface area contributed by atoms with Crippen molar-refractivity contribution in [3.63, 3.8) is 0 Å². The Morgan fingerprint density at radius 2 is 1.94 bits per heavy atom. The van der Waals surface area contributed by atoms with E-state index in [1.807, 2.05) is 0 Å². The Kier molecular flexibility index (Phi) is 7.11. The minimum atomic E-state index is -3.92. The van der Waals surface area contributed by atoms with E-state index in [-0.39, 0.29) is 54.1 Å². The van der Waals surface area contributed by atoms with Gasteiger partial charge in [-0.25, -0.2) is 13.2 Å². The normalized spacial score (nSPS) is 14.8. The molecule has 1 aliphatic rings. The van der Waals surface area contributed by atoms with Gasteiger partial charge in [0.15, 0.2) is 0 Å². The topological polar surface area (TPSA) is 125 Å². The molecule has 3 rings (SSSR count). The van der Waals surface area contributed by atoms with Gasteiger partial charge in [0.05, 0.1) is 35.8 Å². The zero-order valence-corrected chi connectivity index (χ0v) is 18.0. The molecule has 0 amide bonds. The number of non-ortho nitro benzene ring substituents is 1. The Morgan fingerprint density at radius 1 is 1.23 bits per heavy atom. The van der Waals surface area contributed by atoms with Gasteiger partial charge in [0.25, 0.3) is 5.69 Å². The number of hydrogen-bond acceptors (Lipinski definition) is 8. The summed E-state index contributed by atoms with van der Waals surface area (Å²) >= 11 is 6.09. The number of ether oxygens (including phenoxy) is 3. The number of benzene rings is 2. The molecule has 2 aromatic carbocycles. The molecule has 31 heavy (non-hydrogen) atoms. The van der Waals surface area contributed by atoms with Crippen molar-refractivity contribution in [1.29, 1.82) is 0 Å². The van der Waals surface area contributed by atoms with Crippen LogP contribution >= 0.6 is 11.6 Å². The number of methoxy groups -OCH3 is 1. The fraction of sp³-hybridized carbons (Fsp3) is 0.316. The quantitative estimate of drug-likeness (QED) is 0.343. The van der Waals surface area contributed by atoms with Gasteiger partial charge in [0, 0.05) is 30.8 Å². The number of nitro groups is 1. The number of morpholine rings is 1. The van der Waals surface area contributed by atoms with E-state index in [4.69, 9.17) is 25.8 Å². The highest BCUT2D eigenvalue weighted by Crippen LogP contribution is 2.28. The molecule has 12 heteroatoms. The van der Waals surface area contributed by atoms with E-state index < -0.39 is 20.9 Å². The van der Waals surface area contributed by atoms with Crippen molar-refractivity contribution in [2.75, 3.05) is 33.4 Å². The second-order valence-electron chi connectivity index (χ2n) is 6.49. The fourth-order valence-corrected chi connectivity index (χ4v) is 4.88. The Balaban J connectivity index is 1.81. The number of carbonyl (C=O) groups is 1. The average Bonchev–Trinajstić information content (AvgIpc) is 2.77. The van der Waals surface area contributed by atoms with Gasteiger partial charge in [0.1, 0.15) is 17.3 Å². The summed E-state index contributed by atoms with van der Waals surface area (Å²) in [5.41, 5.74) is 0.0815. The lowest BCUT2D eigenvalue weighted by molar-refractivity contribution is -0.385. The SMILES string of the molecule is COc1ccc([N+](=O)[O-])cc1COC(=O)c1ccc(Cl)c(S(=O)(=O)N2CCOCC2)c1. The first-order chi connectivity index (χ1) is 14.7. The first-order valence-electron chi connectivity index (χ1n) is 9.10. The van der Waals surface area contributed by atoms with E-state index in [9.17, 15) is 23.3 Å². The van der Waals surface area contributed by atoms with Crippen LogP contribution in [0, 0.1) is 10.1 Å². The Bertz CT molecular complexity index is 1100. The number of nitrogens with zero attached hydrogens (tertiary/aromatic N) is 2. The molecule has 0 bridgehead atoms. The highest BCUT2D eigenvalue weighted by Gasteiger charge is 2.29. The van der Waals surface area contributed by atoms with Crippen molar-refractivity contribution in [3.05, 3.63) is 62.7 Å². The maximum absolute atomic E-state index is 12.9. The highest BCUT2D eigenvalue weighted by molar-refractivity contribution is 7.89. The Labute approximate surface area is 183 Å². The largest absolute Gasteiger partial charge is 0.496 e. The summed E-state index contributed by atoms with van der Waals surface area (Å²) in [6.45, 7) is 0.588. The summed E-state index contributed by atoms with van der Waals surface area (Å²) in [4.78, 5) is 22.7. The number of carbonyl (C=O) groups excluding carboxylic acids is 1. The van der Waals surface area contributed by atoms with Crippen molar-refractivity contribution in [2.45, 2.75) is 11.5 Å². The molecule has 0 aliphatic carbocycles. The summed E-state index contributed by atoms with van der Waals surface area (Å²) in [6.07, 6.45) is 0. The van der Waals surface area contributed by atoms with E-state index in [1.165, 1.54) is 41.7 Å². The first-order valence-corrected chi connectivity index (χ1v) is 10.9. The van der Waals surface area contributed by atoms with Gasteiger partial charge < -0.3 is 14.2 Å². The number of halogens is 1. The highest BCUT2D eigenvalue weighted by atomic mass is 35.5. The second kappa shape index (κ2) is 9.60. The van der Waals surface area contributed by atoms with Gasteiger partial charge in [-0.05, 0) is 24.3 Å². The van der Waals surface area contributed by atoms with Crippen molar-refractivity contribution < 1.29 is 32.3 Å². The third-order valence-corrected chi connectivity index (χ3v) is 6.97. The molecule has 0 radical (unpaired) electrons. The van der Waals surface area contributed by atoms with Crippen molar-refractivity contribution in [3.8, 4) is 5.75 Å². The van der Waals surface area contributed by atoms with E-state index >= 15 is 0 Å².